The second-order valence-electron chi connectivity index (χ2n) is 3.51. The zero-order chi connectivity index (χ0) is 8.39. The molecule has 0 radical (unpaired) electrons. The van der Waals surface area contributed by atoms with Gasteiger partial charge in [-0.05, 0) is 0 Å². The van der Waals surface area contributed by atoms with Crippen LogP contribution in [-0.4, -0.2) is 61.5 Å². The van der Waals surface area contributed by atoms with Crippen molar-refractivity contribution in [1.82, 2.24) is 10.2 Å². The van der Waals surface area contributed by atoms with Gasteiger partial charge in [0.15, 0.2) is 0 Å². The second kappa shape index (κ2) is 3.70. The second-order valence-corrected chi connectivity index (χ2v) is 3.51. The Kier molecular flexibility index (Phi) is 2.60. The molecule has 2 fully saturated rings. The predicted molar refractivity (Wildman–Crippen MR) is 45.1 cm³/mol. The number of morpholine rings is 1. The molecule has 0 aromatic heterocycles. The fourth-order valence-electron chi connectivity index (χ4n) is 1.89. The van der Waals surface area contributed by atoms with Gasteiger partial charge < -0.3 is 15.2 Å². The van der Waals surface area contributed by atoms with Crippen molar-refractivity contribution in [3.63, 3.8) is 0 Å². The van der Waals surface area contributed by atoms with E-state index in [4.69, 9.17) is 9.84 Å². The molecular weight excluding hydrogens is 156 g/mol. The van der Waals surface area contributed by atoms with Crippen LogP contribution in [0.15, 0.2) is 0 Å². The van der Waals surface area contributed by atoms with E-state index in [-0.39, 0.29) is 12.6 Å². The molecule has 1 unspecified atom stereocenters. The van der Waals surface area contributed by atoms with Crippen molar-refractivity contribution in [3.8, 4) is 0 Å². The zero-order valence-corrected chi connectivity index (χ0v) is 7.20. The summed E-state index contributed by atoms with van der Waals surface area (Å²) in [6, 6.07) is 0.792. The summed E-state index contributed by atoms with van der Waals surface area (Å²) < 4.78 is 5.36. The molecule has 0 amide bonds. The third-order valence-electron chi connectivity index (χ3n) is 2.67. The molecule has 0 aliphatic carbocycles. The SMILES string of the molecule is OCC1CN2CCOC[C@H]2CN1. The number of nitrogens with one attached hydrogen (secondary N) is 1. The molecule has 0 saturated carbocycles. The summed E-state index contributed by atoms with van der Waals surface area (Å²) in [5.74, 6) is 0. The molecule has 2 atom stereocenters. The Morgan fingerprint density at radius 3 is 3.33 bits per heavy atom. The van der Waals surface area contributed by atoms with Gasteiger partial charge in [-0.15, -0.1) is 0 Å². The minimum atomic E-state index is 0.240. The van der Waals surface area contributed by atoms with Gasteiger partial charge in [-0.25, -0.2) is 0 Å². The monoisotopic (exact) mass is 172 g/mol. The topological polar surface area (TPSA) is 44.7 Å². The fraction of sp³-hybridized carbons (Fsp3) is 1.00. The molecule has 2 aliphatic heterocycles. The first-order valence-electron chi connectivity index (χ1n) is 4.56. The van der Waals surface area contributed by atoms with E-state index >= 15 is 0 Å². The third kappa shape index (κ3) is 1.61. The lowest BCUT2D eigenvalue weighted by atomic mass is 10.1. The number of ether oxygens (including phenoxy) is 1. The molecule has 70 valence electrons. The summed E-state index contributed by atoms with van der Waals surface area (Å²) >= 11 is 0. The van der Waals surface area contributed by atoms with E-state index in [0.29, 0.717) is 6.04 Å². The normalized spacial score (nSPS) is 37.8. The number of hydrogen-bond donors (Lipinski definition) is 2. The Bertz CT molecular complexity index is 154. The van der Waals surface area contributed by atoms with Crippen LogP contribution in [0.3, 0.4) is 0 Å². The molecule has 2 rings (SSSR count). The average Bonchev–Trinajstić information content (AvgIpc) is 2.17. The lowest BCUT2D eigenvalue weighted by Crippen LogP contribution is -2.61. The third-order valence-corrected chi connectivity index (χ3v) is 2.67. The number of hydrogen-bond acceptors (Lipinski definition) is 4. The molecule has 0 spiro atoms. The Labute approximate surface area is 72.5 Å². The molecule has 2 heterocycles. The van der Waals surface area contributed by atoms with Crippen LogP contribution in [-0.2, 0) is 4.74 Å². The van der Waals surface area contributed by atoms with Crippen molar-refractivity contribution < 1.29 is 9.84 Å². The van der Waals surface area contributed by atoms with E-state index in [0.717, 1.165) is 32.8 Å². The van der Waals surface area contributed by atoms with Crippen molar-refractivity contribution in [3.05, 3.63) is 0 Å². The quantitative estimate of drug-likeness (QED) is 0.513. The van der Waals surface area contributed by atoms with Crippen LogP contribution in [0, 0.1) is 0 Å². The lowest BCUT2D eigenvalue weighted by molar-refractivity contribution is -0.0307. The Morgan fingerprint density at radius 2 is 2.50 bits per heavy atom. The van der Waals surface area contributed by atoms with E-state index < -0.39 is 0 Å². The first-order valence-corrected chi connectivity index (χ1v) is 4.56. The first-order chi connectivity index (χ1) is 5.90. The first kappa shape index (κ1) is 8.44. The average molecular weight is 172 g/mol. The highest BCUT2D eigenvalue weighted by Gasteiger charge is 2.29. The fourth-order valence-corrected chi connectivity index (χ4v) is 1.89. The van der Waals surface area contributed by atoms with Crippen molar-refractivity contribution in [2.45, 2.75) is 12.1 Å². The highest BCUT2D eigenvalue weighted by molar-refractivity contribution is 4.87. The van der Waals surface area contributed by atoms with Crippen molar-refractivity contribution >= 4 is 0 Å². The number of piperazine rings is 1. The molecular formula is C8H16N2O2. The summed E-state index contributed by atoms with van der Waals surface area (Å²) in [6.07, 6.45) is 0. The molecule has 4 heteroatoms. The summed E-state index contributed by atoms with van der Waals surface area (Å²) in [6.45, 7) is 4.85. The summed E-state index contributed by atoms with van der Waals surface area (Å²) in [5, 5.41) is 12.3. The van der Waals surface area contributed by atoms with Gasteiger partial charge in [-0.3, -0.25) is 4.90 Å². The van der Waals surface area contributed by atoms with E-state index in [1.807, 2.05) is 0 Å². The van der Waals surface area contributed by atoms with Gasteiger partial charge in [0, 0.05) is 31.7 Å². The van der Waals surface area contributed by atoms with Gasteiger partial charge in [0.1, 0.15) is 0 Å². The maximum atomic E-state index is 8.96. The van der Waals surface area contributed by atoms with Gasteiger partial charge in [-0.1, -0.05) is 0 Å². The van der Waals surface area contributed by atoms with Crippen LogP contribution in [0.5, 0.6) is 0 Å². The number of rotatable bonds is 1. The van der Waals surface area contributed by atoms with E-state index in [9.17, 15) is 0 Å². The van der Waals surface area contributed by atoms with Crippen LogP contribution >= 0.6 is 0 Å². The molecule has 0 aromatic carbocycles. The number of fused-ring (bicyclic) bond motifs is 1. The molecule has 2 aliphatic rings. The highest BCUT2D eigenvalue weighted by Crippen LogP contribution is 2.10. The van der Waals surface area contributed by atoms with Gasteiger partial charge >= 0.3 is 0 Å². The van der Waals surface area contributed by atoms with E-state index in [1.165, 1.54) is 0 Å². The largest absolute Gasteiger partial charge is 0.395 e. The Hall–Kier alpha value is -0.160. The van der Waals surface area contributed by atoms with Gasteiger partial charge in [0.25, 0.3) is 0 Å². The minimum Gasteiger partial charge on any atom is -0.395 e. The molecule has 2 saturated heterocycles. The summed E-state index contributed by atoms with van der Waals surface area (Å²) in [5.41, 5.74) is 0. The lowest BCUT2D eigenvalue weighted by Gasteiger charge is -2.42. The minimum absolute atomic E-state index is 0.240. The Balaban J connectivity index is 1.90. The highest BCUT2D eigenvalue weighted by atomic mass is 16.5. The van der Waals surface area contributed by atoms with E-state index in [1.54, 1.807) is 0 Å². The van der Waals surface area contributed by atoms with Gasteiger partial charge in [-0.2, -0.15) is 0 Å². The summed E-state index contributed by atoms with van der Waals surface area (Å²) in [4.78, 5) is 2.40. The number of nitrogens with zero attached hydrogens (tertiary/aromatic N) is 1. The number of aliphatic hydroxyl groups is 1. The van der Waals surface area contributed by atoms with Crippen LogP contribution in [0.25, 0.3) is 0 Å². The number of aliphatic hydroxyl groups excluding tert-OH is 1. The molecule has 0 aromatic rings. The maximum absolute atomic E-state index is 8.96. The van der Waals surface area contributed by atoms with Crippen molar-refractivity contribution in [1.29, 1.82) is 0 Å². The van der Waals surface area contributed by atoms with Gasteiger partial charge in [0.05, 0.1) is 19.8 Å². The summed E-state index contributed by atoms with van der Waals surface area (Å²) in [7, 11) is 0. The zero-order valence-electron chi connectivity index (χ0n) is 7.20. The maximum Gasteiger partial charge on any atom is 0.0634 e. The Morgan fingerprint density at radius 1 is 1.58 bits per heavy atom. The molecule has 2 N–H and O–H groups in total. The van der Waals surface area contributed by atoms with Crippen LogP contribution in [0.1, 0.15) is 0 Å². The van der Waals surface area contributed by atoms with Crippen LogP contribution in [0.2, 0.25) is 0 Å². The van der Waals surface area contributed by atoms with E-state index in [2.05, 4.69) is 10.2 Å². The van der Waals surface area contributed by atoms with Crippen LogP contribution < -0.4 is 5.32 Å². The molecule has 12 heavy (non-hydrogen) atoms. The van der Waals surface area contributed by atoms with Gasteiger partial charge in [0.2, 0.25) is 0 Å². The van der Waals surface area contributed by atoms with Crippen molar-refractivity contribution in [2.75, 3.05) is 39.5 Å². The molecule has 4 nitrogen and oxygen atoms in total. The van der Waals surface area contributed by atoms with Crippen molar-refractivity contribution in [2.24, 2.45) is 0 Å². The standard InChI is InChI=1S/C8H16N2O2/c11-5-7-4-10-1-2-12-6-8(10)3-9-7/h7-9,11H,1-6H2/t7?,8-/m1/s1. The molecule has 0 bridgehead atoms. The smallest absolute Gasteiger partial charge is 0.0634 e. The predicted octanol–water partition coefficient (Wildman–Crippen LogP) is -1.35. The van der Waals surface area contributed by atoms with Crippen LogP contribution in [0.4, 0.5) is 0 Å².